The molecule has 0 aliphatic heterocycles. The van der Waals surface area contributed by atoms with Crippen LogP contribution in [0, 0.1) is 23.4 Å². The molecule has 1 aromatic carbocycles. The van der Waals surface area contributed by atoms with E-state index in [0.29, 0.717) is 12.1 Å². The summed E-state index contributed by atoms with van der Waals surface area (Å²) in [6.45, 7) is 1.39. The lowest BCUT2D eigenvalue weighted by molar-refractivity contribution is -0.117. The first-order valence-corrected chi connectivity index (χ1v) is 4.98. The molecule has 3 nitrogen and oxygen atoms in total. The normalized spacial score (nSPS) is 12.0. The van der Waals surface area contributed by atoms with Crippen molar-refractivity contribution in [2.24, 2.45) is 11.7 Å². The van der Waals surface area contributed by atoms with Crippen molar-refractivity contribution in [3.8, 4) is 0 Å². The summed E-state index contributed by atoms with van der Waals surface area (Å²) in [5.74, 6) is -5.12. The Morgan fingerprint density at radius 1 is 1.35 bits per heavy atom. The fraction of sp³-hybridized carbons (Fsp3) is 0.200. The van der Waals surface area contributed by atoms with Crippen molar-refractivity contribution in [2.75, 3.05) is 5.32 Å². The van der Waals surface area contributed by atoms with Crippen LogP contribution in [0.2, 0.25) is 0 Å². The second kappa shape index (κ2) is 5.13. The van der Waals surface area contributed by atoms with E-state index in [0.717, 1.165) is 0 Å². The zero-order valence-corrected chi connectivity index (χ0v) is 9.58. The van der Waals surface area contributed by atoms with E-state index in [1.54, 1.807) is 0 Å². The monoisotopic (exact) mass is 262 g/mol. The summed E-state index contributed by atoms with van der Waals surface area (Å²) in [5.41, 5.74) is 4.49. The minimum atomic E-state index is -1.20. The molecular formula is C10H9F3N2OS. The topological polar surface area (TPSA) is 55.1 Å². The van der Waals surface area contributed by atoms with Crippen LogP contribution in [-0.4, -0.2) is 10.9 Å². The van der Waals surface area contributed by atoms with Crippen molar-refractivity contribution in [3.05, 3.63) is 29.6 Å². The van der Waals surface area contributed by atoms with E-state index in [9.17, 15) is 18.0 Å². The third-order valence-corrected chi connectivity index (χ3v) is 2.43. The molecular weight excluding hydrogens is 253 g/mol. The Labute approximate surface area is 101 Å². The molecule has 7 heteroatoms. The molecule has 0 fully saturated rings. The van der Waals surface area contributed by atoms with Gasteiger partial charge in [-0.2, -0.15) is 0 Å². The number of nitrogens with two attached hydrogens (primary N) is 1. The van der Waals surface area contributed by atoms with Crippen molar-refractivity contribution < 1.29 is 18.0 Å². The van der Waals surface area contributed by atoms with Crippen LogP contribution in [0.3, 0.4) is 0 Å². The summed E-state index contributed by atoms with van der Waals surface area (Å²) in [7, 11) is 0. The lowest BCUT2D eigenvalue weighted by Crippen LogP contribution is -2.31. The summed E-state index contributed by atoms with van der Waals surface area (Å²) < 4.78 is 39.0. The van der Waals surface area contributed by atoms with Gasteiger partial charge in [0, 0.05) is 12.1 Å². The molecule has 3 N–H and O–H groups in total. The molecule has 0 heterocycles. The third-order valence-electron chi connectivity index (χ3n) is 2.08. The van der Waals surface area contributed by atoms with E-state index in [1.165, 1.54) is 6.92 Å². The second-order valence-corrected chi connectivity index (χ2v) is 3.83. The van der Waals surface area contributed by atoms with E-state index >= 15 is 0 Å². The summed E-state index contributed by atoms with van der Waals surface area (Å²) in [4.78, 5) is 11.3. The molecule has 1 rings (SSSR count). The lowest BCUT2D eigenvalue weighted by Gasteiger charge is -2.11. The van der Waals surface area contributed by atoms with E-state index in [-0.39, 0.29) is 4.99 Å². The van der Waals surface area contributed by atoms with Crippen LogP contribution >= 0.6 is 12.2 Å². The van der Waals surface area contributed by atoms with Crippen LogP contribution in [0.1, 0.15) is 6.92 Å². The number of amides is 1. The van der Waals surface area contributed by atoms with Crippen LogP contribution in [0.4, 0.5) is 18.9 Å². The van der Waals surface area contributed by atoms with Gasteiger partial charge in [0.2, 0.25) is 5.91 Å². The molecule has 0 bridgehead atoms. The molecule has 0 saturated carbocycles. The molecule has 1 amide bonds. The summed E-state index contributed by atoms with van der Waals surface area (Å²) in [6.07, 6.45) is 0. The van der Waals surface area contributed by atoms with Crippen LogP contribution < -0.4 is 11.1 Å². The van der Waals surface area contributed by atoms with Gasteiger partial charge in [0.25, 0.3) is 0 Å². The average molecular weight is 262 g/mol. The number of nitrogens with one attached hydrogen (secondary N) is 1. The maximum absolute atomic E-state index is 13.2. The number of anilines is 1. The molecule has 1 atom stereocenters. The Hall–Kier alpha value is -1.63. The maximum atomic E-state index is 13.2. The van der Waals surface area contributed by atoms with Gasteiger partial charge >= 0.3 is 0 Å². The van der Waals surface area contributed by atoms with Gasteiger partial charge in [0.1, 0.15) is 11.5 Å². The number of benzene rings is 1. The van der Waals surface area contributed by atoms with E-state index < -0.39 is 35.0 Å². The standard InChI is InChI=1S/C10H9F3N2OS/c1-4(9(14)17)10(16)15-8-6(12)2-5(11)3-7(8)13/h2-4H,1H3,(H2,14,17)(H,15,16). The van der Waals surface area contributed by atoms with Gasteiger partial charge in [0.05, 0.1) is 10.9 Å². The smallest absolute Gasteiger partial charge is 0.234 e. The molecule has 1 aromatic rings. The largest absolute Gasteiger partial charge is 0.393 e. The Balaban J connectivity index is 2.96. The van der Waals surface area contributed by atoms with Gasteiger partial charge in [0.15, 0.2) is 11.6 Å². The molecule has 0 spiro atoms. The van der Waals surface area contributed by atoms with Gasteiger partial charge < -0.3 is 11.1 Å². The Bertz CT molecular complexity index is 456. The maximum Gasteiger partial charge on any atom is 0.234 e. The highest BCUT2D eigenvalue weighted by Crippen LogP contribution is 2.20. The van der Waals surface area contributed by atoms with Crippen LogP contribution in [-0.2, 0) is 4.79 Å². The molecule has 0 aliphatic rings. The molecule has 0 aliphatic carbocycles. The first-order chi connectivity index (χ1) is 7.82. The lowest BCUT2D eigenvalue weighted by atomic mass is 10.1. The predicted molar refractivity (Wildman–Crippen MR) is 60.9 cm³/mol. The quantitative estimate of drug-likeness (QED) is 0.819. The number of hydrogen-bond acceptors (Lipinski definition) is 2. The van der Waals surface area contributed by atoms with Crippen LogP contribution in [0.15, 0.2) is 12.1 Å². The van der Waals surface area contributed by atoms with E-state index in [1.807, 2.05) is 5.32 Å². The molecule has 92 valence electrons. The van der Waals surface area contributed by atoms with Gasteiger partial charge in [-0.1, -0.05) is 12.2 Å². The average Bonchev–Trinajstić information content (AvgIpc) is 2.21. The highest BCUT2D eigenvalue weighted by atomic mass is 32.1. The molecule has 0 radical (unpaired) electrons. The van der Waals surface area contributed by atoms with E-state index in [2.05, 4.69) is 12.2 Å². The highest BCUT2D eigenvalue weighted by Gasteiger charge is 2.19. The van der Waals surface area contributed by atoms with Crippen molar-refractivity contribution in [3.63, 3.8) is 0 Å². The van der Waals surface area contributed by atoms with Gasteiger partial charge in [-0.25, -0.2) is 13.2 Å². The number of rotatable bonds is 3. The van der Waals surface area contributed by atoms with Gasteiger partial charge in [-0.3, -0.25) is 4.79 Å². The van der Waals surface area contributed by atoms with Crippen molar-refractivity contribution in [1.82, 2.24) is 0 Å². The second-order valence-electron chi connectivity index (χ2n) is 3.36. The molecule has 1 unspecified atom stereocenters. The number of carbonyl (C=O) groups is 1. The molecule has 0 aromatic heterocycles. The Morgan fingerprint density at radius 3 is 2.24 bits per heavy atom. The number of thiocarbonyl (C=S) groups is 1. The van der Waals surface area contributed by atoms with Gasteiger partial charge in [-0.15, -0.1) is 0 Å². The Morgan fingerprint density at radius 2 is 1.82 bits per heavy atom. The fourth-order valence-corrected chi connectivity index (χ4v) is 1.13. The summed E-state index contributed by atoms with van der Waals surface area (Å²) >= 11 is 4.57. The predicted octanol–water partition coefficient (Wildman–Crippen LogP) is 1.96. The summed E-state index contributed by atoms with van der Waals surface area (Å²) in [6, 6.07) is 0.925. The highest BCUT2D eigenvalue weighted by molar-refractivity contribution is 7.80. The number of carbonyl (C=O) groups excluding carboxylic acids is 1. The van der Waals surface area contributed by atoms with Crippen molar-refractivity contribution in [1.29, 1.82) is 0 Å². The molecule has 17 heavy (non-hydrogen) atoms. The van der Waals surface area contributed by atoms with Crippen molar-refractivity contribution in [2.45, 2.75) is 6.92 Å². The third kappa shape index (κ3) is 3.16. The fourth-order valence-electron chi connectivity index (χ4n) is 1.02. The zero-order chi connectivity index (χ0) is 13.2. The van der Waals surface area contributed by atoms with Crippen LogP contribution in [0.25, 0.3) is 0 Å². The minimum absolute atomic E-state index is 0.106. The van der Waals surface area contributed by atoms with E-state index in [4.69, 9.17) is 5.73 Å². The number of halogens is 3. The Kier molecular flexibility index (Phi) is 4.06. The molecule has 0 saturated heterocycles. The van der Waals surface area contributed by atoms with Crippen molar-refractivity contribution >= 4 is 28.8 Å². The SMILES string of the molecule is CC(C(=O)Nc1c(F)cc(F)cc1F)C(N)=S. The first kappa shape index (κ1) is 13.4. The number of hydrogen-bond donors (Lipinski definition) is 2. The first-order valence-electron chi connectivity index (χ1n) is 4.57. The minimum Gasteiger partial charge on any atom is -0.393 e. The van der Waals surface area contributed by atoms with Gasteiger partial charge in [-0.05, 0) is 6.92 Å². The van der Waals surface area contributed by atoms with Crippen LogP contribution in [0.5, 0.6) is 0 Å². The summed E-state index contributed by atoms with van der Waals surface area (Å²) in [5, 5.41) is 1.96. The zero-order valence-electron chi connectivity index (χ0n) is 8.76.